The number of hydrogen-bond donors (Lipinski definition) is 0. The lowest BCUT2D eigenvalue weighted by atomic mass is 10.3. The fraction of sp³-hybridized carbons (Fsp3) is 0.125. The minimum atomic E-state index is -0.146. The maximum absolute atomic E-state index is 11.9. The average molecular weight is 441 g/mol. The van der Waals surface area contributed by atoms with Gasteiger partial charge in [-0.1, -0.05) is 11.3 Å². The Morgan fingerprint density at radius 2 is 1.46 bits per heavy atom. The molecule has 0 amide bonds. The van der Waals surface area contributed by atoms with Crippen molar-refractivity contribution in [3.05, 3.63) is 57.7 Å². The Bertz CT molecular complexity index is 760. The molecule has 0 bridgehead atoms. The second-order valence-corrected chi connectivity index (χ2v) is 6.88. The number of pyridine rings is 2. The van der Waals surface area contributed by atoms with Crippen molar-refractivity contribution in [1.29, 1.82) is 0 Å². The lowest BCUT2D eigenvalue weighted by molar-refractivity contribution is 0.359. The average Bonchev–Trinajstić information content (AvgIpc) is 3.05. The van der Waals surface area contributed by atoms with Crippen LogP contribution in [0.15, 0.2) is 52.6 Å². The highest BCUT2D eigenvalue weighted by molar-refractivity contribution is 9.11. The summed E-state index contributed by atoms with van der Waals surface area (Å²) in [6.07, 6.45) is 3.22. The van der Waals surface area contributed by atoms with Crippen molar-refractivity contribution in [3.63, 3.8) is 0 Å². The van der Waals surface area contributed by atoms with Crippen LogP contribution in [0.1, 0.15) is 0 Å². The van der Waals surface area contributed by atoms with Crippen molar-refractivity contribution in [2.24, 2.45) is 0 Å². The van der Waals surface area contributed by atoms with Crippen molar-refractivity contribution < 1.29 is 23.2 Å². The molecule has 0 fully saturated rings. The van der Waals surface area contributed by atoms with E-state index < -0.39 is 0 Å². The number of nitrogens with zero attached hydrogens (tertiary/aromatic N) is 2. The van der Waals surface area contributed by atoms with E-state index in [2.05, 4.69) is 25.9 Å². The van der Waals surface area contributed by atoms with E-state index in [1.165, 1.54) is 6.07 Å². The highest BCUT2D eigenvalue weighted by Crippen LogP contribution is 2.24. The van der Waals surface area contributed by atoms with Gasteiger partial charge in [-0.05, 0) is 52.3 Å². The molecule has 0 radical (unpaired) electrons. The highest BCUT2D eigenvalue weighted by atomic mass is 79.9. The number of hydrogen-bond acceptors (Lipinski definition) is 7. The third kappa shape index (κ3) is 6.19. The van der Waals surface area contributed by atoms with Gasteiger partial charge in [-0.25, -0.2) is 9.97 Å². The maximum atomic E-state index is 11.9. The van der Waals surface area contributed by atoms with Crippen LogP contribution < -0.4 is 18.8 Å². The molecule has 0 saturated heterocycles. The molecule has 0 saturated carbocycles. The summed E-state index contributed by atoms with van der Waals surface area (Å²) in [6, 6.07) is 10.1. The van der Waals surface area contributed by atoms with Crippen LogP contribution in [-0.2, 0) is 0 Å². The first kappa shape index (κ1) is 20.0. The molecule has 0 unspecified atom stereocenters. The van der Waals surface area contributed by atoms with Crippen molar-refractivity contribution in [3.8, 4) is 23.3 Å². The predicted octanol–water partition coefficient (Wildman–Crippen LogP) is 3.87. The van der Waals surface area contributed by atoms with Gasteiger partial charge in [-0.2, -0.15) is 4.39 Å². The number of thiophene rings is 1. The number of aromatic nitrogens is 2. The van der Waals surface area contributed by atoms with Gasteiger partial charge >= 0.3 is 7.69 Å². The van der Waals surface area contributed by atoms with Crippen molar-refractivity contribution >= 4 is 35.0 Å². The van der Waals surface area contributed by atoms with E-state index in [0.717, 1.165) is 15.1 Å². The Hall–Kier alpha value is -2.33. The Labute approximate surface area is 163 Å². The Kier molecular flexibility index (Phi) is 8.16. The summed E-state index contributed by atoms with van der Waals surface area (Å²) in [5.74, 6) is 1.80. The molecular weight excluding hydrogens is 426 g/mol. The zero-order valence-electron chi connectivity index (χ0n) is 14.0. The summed E-state index contributed by atoms with van der Waals surface area (Å²) in [5, 5.41) is -0.146. The molecule has 6 nitrogen and oxygen atoms in total. The highest BCUT2D eigenvalue weighted by Gasteiger charge is 2.09. The molecule has 136 valence electrons. The third-order valence-electron chi connectivity index (χ3n) is 2.84. The molecule has 0 aliphatic heterocycles. The van der Waals surface area contributed by atoms with Crippen LogP contribution in [0, 0.1) is 5.13 Å². The molecule has 10 heteroatoms. The largest absolute Gasteiger partial charge is 0.578 e. The van der Waals surface area contributed by atoms with Crippen molar-refractivity contribution in [1.82, 2.24) is 9.97 Å². The molecule has 3 heterocycles. The molecule has 0 aliphatic carbocycles. The molecule has 3 aromatic rings. The topological polar surface area (TPSA) is 62.7 Å². The second-order valence-electron chi connectivity index (χ2n) is 4.47. The Morgan fingerprint density at radius 3 is 1.81 bits per heavy atom. The van der Waals surface area contributed by atoms with Crippen LogP contribution in [0.3, 0.4) is 0 Å². The number of methoxy groups -OCH3 is 2. The second kappa shape index (κ2) is 10.6. The van der Waals surface area contributed by atoms with E-state index in [9.17, 15) is 4.39 Å². The van der Waals surface area contributed by atoms with Crippen LogP contribution in [0.25, 0.3) is 0 Å². The van der Waals surface area contributed by atoms with Gasteiger partial charge in [0.25, 0.3) is 0 Å². The van der Waals surface area contributed by atoms with E-state index in [-0.39, 0.29) is 12.8 Å². The summed E-state index contributed by atoms with van der Waals surface area (Å²) in [6.45, 7) is 0. The molecule has 3 aromatic heterocycles. The summed E-state index contributed by atoms with van der Waals surface area (Å²) < 4.78 is 33.7. The normalized spacial score (nSPS) is 9.54. The van der Waals surface area contributed by atoms with E-state index in [1.54, 1.807) is 56.9 Å². The van der Waals surface area contributed by atoms with E-state index in [4.69, 9.17) is 18.8 Å². The van der Waals surface area contributed by atoms with E-state index >= 15 is 0 Å². The van der Waals surface area contributed by atoms with Crippen molar-refractivity contribution in [2.45, 2.75) is 0 Å². The van der Waals surface area contributed by atoms with Crippen LogP contribution in [-0.4, -0.2) is 31.9 Å². The quantitative estimate of drug-likeness (QED) is 0.542. The van der Waals surface area contributed by atoms with Gasteiger partial charge in [0.05, 0.1) is 18.0 Å². The van der Waals surface area contributed by atoms with Crippen molar-refractivity contribution in [2.75, 3.05) is 14.2 Å². The zero-order valence-corrected chi connectivity index (χ0v) is 16.4. The predicted molar refractivity (Wildman–Crippen MR) is 102 cm³/mol. The third-order valence-corrected chi connectivity index (χ3v) is 4.26. The SMILES string of the molecule is COc1cccnc1OBOc1ncccc1OC.Fc1ccc(Br)s1. The Morgan fingerprint density at radius 1 is 0.923 bits per heavy atom. The van der Waals surface area contributed by atoms with Gasteiger partial charge in [0.15, 0.2) is 16.6 Å². The molecule has 0 aromatic carbocycles. The summed E-state index contributed by atoms with van der Waals surface area (Å²) >= 11 is 4.20. The minimum absolute atomic E-state index is 0.0409. The fourth-order valence-electron chi connectivity index (χ4n) is 1.71. The molecule has 3 rings (SSSR count). The summed E-state index contributed by atoms with van der Waals surface area (Å²) in [4.78, 5) is 8.09. The van der Waals surface area contributed by atoms with Crippen LogP contribution in [0.2, 0.25) is 0 Å². The van der Waals surface area contributed by atoms with Crippen LogP contribution >= 0.6 is 27.3 Å². The first-order chi connectivity index (χ1) is 12.6. The lowest BCUT2D eigenvalue weighted by Gasteiger charge is -2.10. The zero-order chi connectivity index (χ0) is 18.8. The van der Waals surface area contributed by atoms with E-state index in [0.29, 0.717) is 23.3 Å². The molecule has 0 N–H and O–H groups in total. The molecular formula is C16H15BBrFN2O4S. The minimum Gasteiger partial charge on any atom is -0.512 e. The van der Waals surface area contributed by atoms with Gasteiger partial charge < -0.3 is 18.8 Å². The van der Waals surface area contributed by atoms with Crippen LogP contribution in [0.4, 0.5) is 4.39 Å². The number of ether oxygens (including phenoxy) is 2. The standard InChI is InChI=1S/C12H13BN2O4.C4H2BrFS/c1-16-9-5-3-7-14-11(9)18-13-19-12-10(17-2)6-4-8-15-12;5-3-1-2-4(6)7-3/h3-8,13H,1-2H3;1-2H. The monoisotopic (exact) mass is 440 g/mol. The van der Waals surface area contributed by atoms with Gasteiger partial charge in [-0.15, -0.1) is 0 Å². The maximum Gasteiger partial charge on any atom is 0.578 e. The number of rotatable bonds is 6. The van der Waals surface area contributed by atoms with Gasteiger partial charge in [-0.3, -0.25) is 0 Å². The molecule has 0 spiro atoms. The van der Waals surface area contributed by atoms with Gasteiger partial charge in [0.2, 0.25) is 11.8 Å². The first-order valence-corrected chi connectivity index (χ1v) is 8.89. The Balaban J connectivity index is 0.000000290. The lowest BCUT2D eigenvalue weighted by Crippen LogP contribution is -2.13. The number of halogens is 2. The molecule has 26 heavy (non-hydrogen) atoms. The van der Waals surface area contributed by atoms with Crippen LogP contribution in [0.5, 0.6) is 23.3 Å². The van der Waals surface area contributed by atoms with Gasteiger partial charge in [0, 0.05) is 12.4 Å². The smallest absolute Gasteiger partial charge is 0.512 e. The molecule has 0 aliphatic rings. The van der Waals surface area contributed by atoms with E-state index in [1.807, 2.05) is 0 Å². The summed E-state index contributed by atoms with van der Waals surface area (Å²) in [7, 11) is 3.06. The molecule has 0 atom stereocenters. The first-order valence-electron chi connectivity index (χ1n) is 7.28. The fourth-order valence-corrected chi connectivity index (χ4v) is 2.77. The van der Waals surface area contributed by atoms with Gasteiger partial charge in [0.1, 0.15) is 0 Å². The summed E-state index contributed by atoms with van der Waals surface area (Å²) in [5.41, 5.74) is 0.